The summed E-state index contributed by atoms with van der Waals surface area (Å²) in [6, 6.07) is 0. The van der Waals surface area contributed by atoms with Crippen molar-refractivity contribution in [1.29, 1.82) is 0 Å². The molecular weight excluding hydrogens is 268 g/mol. The molecule has 0 amide bonds. The van der Waals surface area contributed by atoms with Crippen molar-refractivity contribution in [2.45, 2.75) is 32.5 Å². The van der Waals surface area contributed by atoms with Crippen molar-refractivity contribution < 1.29 is 19.1 Å². The van der Waals surface area contributed by atoms with E-state index in [9.17, 15) is 9.59 Å². The lowest BCUT2D eigenvalue weighted by Gasteiger charge is -2.49. The van der Waals surface area contributed by atoms with E-state index >= 15 is 0 Å². The Balaban J connectivity index is 1.41. The van der Waals surface area contributed by atoms with Crippen molar-refractivity contribution in [3.63, 3.8) is 0 Å². The molecule has 4 heteroatoms. The third-order valence-electron chi connectivity index (χ3n) is 7.97. The first-order chi connectivity index (χ1) is 9.98. The van der Waals surface area contributed by atoms with Gasteiger partial charge in [0.25, 0.3) is 5.79 Å². The first kappa shape index (κ1) is 11.5. The van der Waals surface area contributed by atoms with Crippen LogP contribution in [0.25, 0.3) is 0 Å². The predicted molar refractivity (Wildman–Crippen MR) is 70.4 cm³/mol. The Kier molecular flexibility index (Phi) is 1.65. The first-order valence-electron chi connectivity index (χ1n) is 8.44. The second-order valence-corrected chi connectivity index (χ2v) is 8.73. The van der Waals surface area contributed by atoms with E-state index in [0.717, 1.165) is 35.5 Å². The van der Waals surface area contributed by atoms with E-state index in [2.05, 4.69) is 0 Å². The molecule has 21 heavy (non-hydrogen) atoms. The second-order valence-electron chi connectivity index (χ2n) is 8.73. The molecule has 1 heterocycles. The summed E-state index contributed by atoms with van der Waals surface area (Å²) in [5, 5.41) is 0. The van der Waals surface area contributed by atoms with Crippen molar-refractivity contribution in [3.8, 4) is 0 Å². The van der Waals surface area contributed by atoms with Gasteiger partial charge in [-0.05, 0) is 66.1 Å². The van der Waals surface area contributed by atoms with Crippen molar-refractivity contribution >= 4 is 11.9 Å². The van der Waals surface area contributed by atoms with E-state index in [4.69, 9.17) is 9.47 Å². The van der Waals surface area contributed by atoms with Gasteiger partial charge in [0.05, 0.1) is 0 Å². The van der Waals surface area contributed by atoms with Crippen LogP contribution >= 0.6 is 0 Å². The zero-order chi connectivity index (χ0) is 14.3. The minimum atomic E-state index is -1.09. The second kappa shape index (κ2) is 3.02. The Hall–Kier alpha value is -1.06. The number of rotatable bonds is 1. The van der Waals surface area contributed by atoms with E-state index in [1.165, 1.54) is 12.8 Å². The van der Waals surface area contributed by atoms with Crippen LogP contribution in [0.5, 0.6) is 0 Å². The molecule has 5 aliphatic carbocycles. The van der Waals surface area contributed by atoms with Crippen LogP contribution in [0.2, 0.25) is 0 Å². The predicted octanol–water partition coefficient (Wildman–Crippen LogP) is 1.83. The van der Waals surface area contributed by atoms with Gasteiger partial charge in [-0.3, -0.25) is 9.59 Å². The summed E-state index contributed by atoms with van der Waals surface area (Å²) < 4.78 is 10.8. The Labute approximate surface area is 123 Å². The Morgan fingerprint density at radius 1 is 0.762 bits per heavy atom. The van der Waals surface area contributed by atoms with Crippen LogP contribution in [0.4, 0.5) is 0 Å². The molecule has 0 unspecified atom stereocenters. The van der Waals surface area contributed by atoms with Crippen molar-refractivity contribution in [3.05, 3.63) is 0 Å². The van der Waals surface area contributed by atoms with Gasteiger partial charge in [-0.1, -0.05) is 0 Å². The molecule has 0 radical (unpaired) electrons. The fourth-order valence-corrected chi connectivity index (χ4v) is 8.04. The number of carbonyl (C=O) groups is 2. The topological polar surface area (TPSA) is 52.6 Å². The van der Waals surface area contributed by atoms with Crippen molar-refractivity contribution in [2.24, 2.45) is 59.2 Å². The molecule has 1 saturated heterocycles. The average Bonchev–Trinajstić information content (AvgIpc) is 2.85. The zero-order valence-electron chi connectivity index (χ0n) is 12.3. The lowest BCUT2D eigenvalue weighted by Crippen LogP contribution is -2.54. The van der Waals surface area contributed by atoms with Gasteiger partial charge in [0, 0.05) is 13.8 Å². The smallest absolute Gasteiger partial charge is 0.323 e. The summed E-state index contributed by atoms with van der Waals surface area (Å²) in [6.07, 6.45) is 2.74. The third-order valence-corrected chi connectivity index (χ3v) is 7.97. The quantitative estimate of drug-likeness (QED) is 0.545. The van der Waals surface area contributed by atoms with Crippen LogP contribution in [-0.4, -0.2) is 17.7 Å². The molecule has 0 aromatic carbocycles. The Bertz CT molecular complexity index is 570. The number of esters is 2. The Morgan fingerprint density at radius 2 is 1.24 bits per heavy atom. The Morgan fingerprint density at radius 3 is 1.81 bits per heavy atom. The van der Waals surface area contributed by atoms with Gasteiger partial charge >= 0.3 is 11.9 Å². The third kappa shape index (κ3) is 1.02. The van der Waals surface area contributed by atoms with E-state index < -0.39 is 11.7 Å². The molecule has 0 spiro atoms. The molecule has 0 aromatic rings. The summed E-state index contributed by atoms with van der Waals surface area (Å²) in [5.41, 5.74) is 0. The van der Waals surface area contributed by atoms with Crippen molar-refractivity contribution in [1.82, 2.24) is 0 Å². The summed E-state index contributed by atoms with van der Waals surface area (Å²) >= 11 is 0. The lowest BCUT2D eigenvalue weighted by atomic mass is 9.55. The van der Waals surface area contributed by atoms with Gasteiger partial charge in [-0.2, -0.15) is 0 Å². The van der Waals surface area contributed by atoms with Crippen LogP contribution in [0.1, 0.15) is 26.7 Å². The maximum atomic E-state index is 12.5. The van der Waals surface area contributed by atoms with Crippen LogP contribution in [0.15, 0.2) is 0 Å². The van der Waals surface area contributed by atoms with Gasteiger partial charge in [-0.25, -0.2) is 0 Å². The van der Waals surface area contributed by atoms with Crippen LogP contribution in [-0.2, 0) is 19.1 Å². The molecule has 0 aromatic heterocycles. The highest BCUT2D eigenvalue weighted by atomic mass is 16.7. The van der Waals surface area contributed by atoms with Crippen molar-refractivity contribution in [2.75, 3.05) is 0 Å². The lowest BCUT2D eigenvalue weighted by molar-refractivity contribution is -0.246. The first-order valence-corrected chi connectivity index (χ1v) is 8.44. The molecule has 5 saturated carbocycles. The number of hydrogen-bond donors (Lipinski definition) is 0. The molecule has 6 fully saturated rings. The van der Waals surface area contributed by atoms with Crippen LogP contribution < -0.4 is 0 Å². The van der Waals surface area contributed by atoms with E-state index in [0.29, 0.717) is 11.8 Å². The van der Waals surface area contributed by atoms with E-state index in [-0.39, 0.29) is 17.9 Å². The normalized spacial score (nSPS) is 61.1. The SMILES string of the molecule is CC1(C)OC(=O)C([C@@H]2[C@H]3[C@@H]4C[C@H]5[C@@H]6[C@H]4C[C@H]3[C@H]6[C@@H]52)C(=O)O1. The summed E-state index contributed by atoms with van der Waals surface area (Å²) in [5.74, 6) is 4.14. The highest BCUT2D eigenvalue weighted by molar-refractivity contribution is 5.97. The molecule has 0 N–H and O–H groups in total. The maximum absolute atomic E-state index is 12.5. The minimum absolute atomic E-state index is 0.226. The zero-order valence-corrected chi connectivity index (χ0v) is 12.3. The molecule has 1 aliphatic heterocycles. The number of ether oxygens (including phenoxy) is 2. The van der Waals surface area contributed by atoms with Crippen LogP contribution in [0.3, 0.4) is 0 Å². The fourth-order valence-electron chi connectivity index (χ4n) is 8.04. The monoisotopic (exact) mass is 288 g/mol. The number of fused-ring (bicyclic) bond motifs is 2. The van der Waals surface area contributed by atoms with E-state index in [1.807, 2.05) is 0 Å². The highest BCUT2D eigenvalue weighted by Gasteiger charge is 2.82. The summed E-state index contributed by atoms with van der Waals surface area (Å²) in [4.78, 5) is 25.0. The number of carbonyl (C=O) groups excluding carboxylic acids is 2. The van der Waals surface area contributed by atoms with Gasteiger partial charge in [0.15, 0.2) is 5.92 Å². The van der Waals surface area contributed by atoms with Gasteiger partial charge in [0.2, 0.25) is 0 Å². The summed E-state index contributed by atoms with van der Waals surface area (Å²) in [6.45, 7) is 3.28. The van der Waals surface area contributed by atoms with E-state index in [1.54, 1.807) is 13.8 Å². The van der Waals surface area contributed by atoms with Gasteiger partial charge in [-0.15, -0.1) is 0 Å². The maximum Gasteiger partial charge on any atom is 0.323 e. The summed E-state index contributed by atoms with van der Waals surface area (Å²) in [7, 11) is 0. The van der Waals surface area contributed by atoms with Gasteiger partial charge < -0.3 is 9.47 Å². The molecule has 4 nitrogen and oxygen atoms in total. The highest BCUT2D eigenvalue weighted by Crippen LogP contribution is 2.85. The molecule has 2 bridgehead atoms. The molecule has 6 rings (SSSR count). The largest absolute Gasteiger partial charge is 0.422 e. The molecule has 112 valence electrons. The minimum Gasteiger partial charge on any atom is -0.422 e. The molecular formula is C17H20O4. The molecule has 6 aliphatic rings. The fraction of sp³-hybridized carbons (Fsp3) is 0.882. The van der Waals surface area contributed by atoms with Crippen LogP contribution in [0, 0.1) is 59.2 Å². The molecule has 9 atom stereocenters. The standard InChI is InChI=1S/C17H20O4/c1-17(2)20-15(18)14(16(19)21-17)13-10-6-4-7-9-5(6)3-8(10)11(9)12(7)13/h5-14H,3-4H2,1-2H3/t5-,6+,7-,8+,9-,10-,11+,12+,13+/m0/s1. The number of hydrogen-bond acceptors (Lipinski definition) is 4. The number of cyclic esters (lactones) is 2. The average molecular weight is 288 g/mol. The van der Waals surface area contributed by atoms with Gasteiger partial charge in [0.1, 0.15) is 0 Å².